The molecule has 1 aromatic carbocycles. The maximum absolute atomic E-state index is 13.0. The van der Waals surface area contributed by atoms with E-state index in [9.17, 15) is 10.1 Å². The quantitative estimate of drug-likeness (QED) is 0.595. The predicted octanol–water partition coefficient (Wildman–Crippen LogP) is 2.26. The molecule has 29 heavy (non-hydrogen) atoms. The van der Waals surface area contributed by atoms with Gasteiger partial charge in [-0.1, -0.05) is 23.5 Å². The van der Waals surface area contributed by atoms with Crippen molar-refractivity contribution in [2.24, 2.45) is 5.73 Å². The molecule has 0 amide bonds. The molecule has 0 spiro atoms. The van der Waals surface area contributed by atoms with Crippen LogP contribution in [0.25, 0.3) is 10.3 Å². The highest BCUT2D eigenvalue weighted by atomic mass is 32.1. The molecule has 1 aliphatic rings. The van der Waals surface area contributed by atoms with Crippen molar-refractivity contribution in [1.29, 1.82) is 5.26 Å². The van der Waals surface area contributed by atoms with Crippen LogP contribution in [0.5, 0.6) is 17.2 Å². The highest BCUT2D eigenvalue weighted by Gasteiger charge is 2.37. The van der Waals surface area contributed by atoms with Crippen molar-refractivity contribution in [3.63, 3.8) is 0 Å². The lowest BCUT2D eigenvalue weighted by molar-refractivity contribution is 0.349. The Labute approximate surface area is 169 Å². The Morgan fingerprint density at radius 1 is 1.38 bits per heavy atom. The van der Waals surface area contributed by atoms with E-state index in [0.29, 0.717) is 32.5 Å². The van der Waals surface area contributed by atoms with Crippen LogP contribution in [0.3, 0.4) is 0 Å². The summed E-state index contributed by atoms with van der Waals surface area (Å²) in [5.41, 5.74) is 7.01. The highest BCUT2D eigenvalue weighted by molar-refractivity contribution is 7.22. The maximum atomic E-state index is 13.0. The van der Waals surface area contributed by atoms with Crippen molar-refractivity contribution < 1.29 is 14.2 Å². The van der Waals surface area contributed by atoms with E-state index in [0.717, 1.165) is 0 Å². The molecule has 10 heteroatoms. The van der Waals surface area contributed by atoms with Crippen LogP contribution in [0.15, 0.2) is 34.4 Å². The second kappa shape index (κ2) is 7.03. The van der Waals surface area contributed by atoms with Crippen molar-refractivity contribution in [3.05, 3.63) is 51.1 Å². The number of benzene rings is 1. The molecular weight excluding hydrogens is 394 g/mol. The van der Waals surface area contributed by atoms with Gasteiger partial charge in [0, 0.05) is 12.6 Å². The molecule has 148 valence electrons. The molecule has 2 aromatic heterocycles. The van der Waals surface area contributed by atoms with E-state index in [1.165, 1.54) is 25.6 Å². The molecule has 0 radical (unpaired) electrons. The molecule has 4 N–H and O–H groups in total. The summed E-state index contributed by atoms with van der Waals surface area (Å²) in [6, 6.07) is 7.34. The number of nitrogens with two attached hydrogens (primary N) is 1. The number of pyridine rings is 1. The average Bonchev–Trinajstić information content (AvgIpc) is 3.15. The number of H-pyrrole nitrogens is 1. The second-order valence-electron chi connectivity index (χ2n) is 6.15. The predicted molar refractivity (Wildman–Crippen MR) is 109 cm³/mol. The third kappa shape index (κ3) is 2.75. The number of nitrogens with one attached hydrogen (secondary N) is 2. The van der Waals surface area contributed by atoms with E-state index in [1.54, 1.807) is 25.2 Å². The number of rotatable bonds is 4. The number of hydrogen-bond donors (Lipinski definition) is 3. The molecule has 0 fully saturated rings. The third-order valence-electron chi connectivity index (χ3n) is 4.69. The van der Waals surface area contributed by atoms with Crippen LogP contribution in [0.4, 0.5) is 5.13 Å². The molecule has 9 nitrogen and oxygen atoms in total. The normalized spacial score (nSPS) is 15.4. The lowest BCUT2D eigenvalue weighted by atomic mass is 9.83. The largest absolute Gasteiger partial charge is 0.493 e. The number of thiazole rings is 1. The van der Waals surface area contributed by atoms with Gasteiger partial charge in [-0.25, -0.2) is 4.98 Å². The van der Waals surface area contributed by atoms with Crippen LogP contribution in [-0.4, -0.2) is 31.2 Å². The Bertz CT molecular complexity index is 1250. The summed E-state index contributed by atoms with van der Waals surface area (Å²) < 4.78 is 17.3. The first-order valence-corrected chi connectivity index (χ1v) is 9.38. The smallest absolute Gasteiger partial charge is 0.257 e. The summed E-state index contributed by atoms with van der Waals surface area (Å²) >= 11 is 1.31. The Morgan fingerprint density at radius 2 is 2.17 bits per heavy atom. The first kappa shape index (κ1) is 18.6. The summed E-state index contributed by atoms with van der Waals surface area (Å²) in [5, 5.41) is 13.3. The maximum Gasteiger partial charge on any atom is 0.257 e. The zero-order chi connectivity index (χ0) is 20.7. The van der Waals surface area contributed by atoms with Gasteiger partial charge in [-0.05, 0) is 6.07 Å². The van der Waals surface area contributed by atoms with Gasteiger partial charge >= 0.3 is 0 Å². The van der Waals surface area contributed by atoms with Gasteiger partial charge in [0.25, 0.3) is 5.56 Å². The number of allylic oxidation sites excluding steroid dienone is 1. The lowest BCUT2D eigenvalue weighted by Crippen LogP contribution is -2.28. The number of nitrogens with zero attached hydrogens (tertiary/aromatic N) is 2. The molecule has 0 saturated carbocycles. The van der Waals surface area contributed by atoms with Crippen LogP contribution in [-0.2, 0) is 0 Å². The number of nitriles is 1. The van der Waals surface area contributed by atoms with Gasteiger partial charge in [-0.15, -0.1) is 0 Å². The standard InChI is InChI=1S/C19H17N5O4S/c1-22-19-24-17-15(29-19)14-12(18(25)23-17)11(9(7-20)16(21)28-14)8-5-4-6-10(26-2)13(8)27-3/h4-6,11H,21H2,1-3H3,(H2,22,23,24,25). The van der Waals surface area contributed by atoms with Gasteiger partial charge in [0.1, 0.15) is 16.3 Å². The molecule has 1 atom stereocenters. The summed E-state index contributed by atoms with van der Waals surface area (Å²) in [5.74, 6) is 0.312. The van der Waals surface area contributed by atoms with Gasteiger partial charge in [0.2, 0.25) is 5.88 Å². The zero-order valence-electron chi connectivity index (χ0n) is 15.8. The second-order valence-corrected chi connectivity index (χ2v) is 7.15. The van der Waals surface area contributed by atoms with Gasteiger partial charge in [0.05, 0.1) is 25.7 Å². The molecule has 0 saturated heterocycles. The van der Waals surface area contributed by atoms with Gasteiger partial charge < -0.3 is 30.2 Å². The fourth-order valence-electron chi connectivity index (χ4n) is 3.45. The van der Waals surface area contributed by atoms with Crippen molar-refractivity contribution in [2.45, 2.75) is 5.92 Å². The van der Waals surface area contributed by atoms with E-state index in [4.69, 9.17) is 19.9 Å². The number of para-hydroxylation sites is 1. The third-order valence-corrected chi connectivity index (χ3v) is 5.76. The van der Waals surface area contributed by atoms with E-state index in [2.05, 4.69) is 21.4 Å². The summed E-state index contributed by atoms with van der Waals surface area (Å²) in [6.45, 7) is 0. The number of hydrogen-bond acceptors (Lipinski definition) is 9. The SMILES string of the molecule is CNc1nc2[nH]c(=O)c3c(c2s1)OC(N)=C(C#N)C3c1cccc(OC)c1OC. The van der Waals surface area contributed by atoms with Gasteiger partial charge in [-0.2, -0.15) is 5.26 Å². The molecule has 0 bridgehead atoms. The topological polar surface area (TPSA) is 135 Å². The number of ether oxygens (including phenoxy) is 3. The van der Waals surface area contributed by atoms with Crippen LogP contribution in [0.2, 0.25) is 0 Å². The molecule has 0 aliphatic carbocycles. The van der Waals surface area contributed by atoms with Gasteiger partial charge in [-0.3, -0.25) is 4.79 Å². The van der Waals surface area contributed by atoms with Gasteiger partial charge in [0.15, 0.2) is 28.0 Å². The van der Waals surface area contributed by atoms with E-state index in [-0.39, 0.29) is 22.8 Å². The minimum atomic E-state index is -0.790. The summed E-state index contributed by atoms with van der Waals surface area (Å²) in [4.78, 5) is 20.2. The first-order chi connectivity index (χ1) is 14.0. The van der Waals surface area contributed by atoms with Crippen LogP contribution in [0, 0.1) is 11.3 Å². The van der Waals surface area contributed by atoms with Crippen molar-refractivity contribution in [2.75, 3.05) is 26.6 Å². The fourth-order valence-corrected chi connectivity index (χ4v) is 4.32. The lowest BCUT2D eigenvalue weighted by Gasteiger charge is -2.27. The highest BCUT2D eigenvalue weighted by Crippen LogP contribution is 2.48. The average molecular weight is 411 g/mol. The Morgan fingerprint density at radius 3 is 2.83 bits per heavy atom. The van der Waals surface area contributed by atoms with E-state index >= 15 is 0 Å². The number of anilines is 1. The fraction of sp³-hybridized carbons (Fsp3) is 0.211. The number of aromatic amines is 1. The van der Waals surface area contributed by atoms with E-state index in [1.807, 2.05) is 0 Å². The Balaban J connectivity index is 2.09. The summed E-state index contributed by atoms with van der Waals surface area (Å²) in [6.07, 6.45) is 0. The molecule has 1 unspecified atom stereocenters. The molecular formula is C19H17N5O4S. The van der Waals surface area contributed by atoms with Crippen molar-refractivity contribution in [3.8, 4) is 23.3 Å². The minimum absolute atomic E-state index is 0.0684. The zero-order valence-corrected chi connectivity index (χ0v) is 16.6. The first-order valence-electron chi connectivity index (χ1n) is 8.56. The van der Waals surface area contributed by atoms with Crippen LogP contribution >= 0.6 is 11.3 Å². The summed E-state index contributed by atoms with van der Waals surface area (Å²) in [7, 11) is 4.74. The molecule has 3 heterocycles. The van der Waals surface area contributed by atoms with Crippen molar-refractivity contribution in [1.82, 2.24) is 9.97 Å². The molecule has 1 aliphatic heterocycles. The molecule has 3 aromatic rings. The number of fused-ring (bicyclic) bond motifs is 3. The van der Waals surface area contributed by atoms with Crippen LogP contribution in [0.1, 0.15) is 17.0 Å². The van der Waals surface area contributed by atoms with E-state index < -0.39 is 11.5 Å². The minimum Gasteiger partial charge on any atom is -0.493 e. The monoisotopic (exact) mass is 411 g/mol. The number of methoxy groups -OCH3 is 2. The Kier molecular flexibility index (Phi) is 4.52. The number of aromatic nitrogens is 2. The van der Waals surface area contributed by atoms with Crippen molar-refractivity contribution >= 4 is 26.8 Å². The molecule has 4 rings (SSSR count). The van der Waals surface area contributed by atoms with Crippen LogP contribution < -0.4 is 30.8 Å². The Hall–Kier alpha value is -3.71.